The summed E-state index contributed by atoms with van der Waals surface area (Å²) in [5, 5.41) is 0. The summed E-state index contributed by atoms with van der Waals surface area (Å²) in [5.41, 5.74) is 10.8. The Balaban J connectivity index is 3.08. The molecule has 0 aromatic carbocycles. The fourth-order valence-corrected chi connectivity index (χ4v) is 0.594. The number of hydrogen-bond acceptors (Lipinski definition) is 4. The van der Waals surface area contributed by atoms with E-state index in [-0.39, 0.29) is 10.9 Å². The Bertz CT molecular complexity index is 231. The van der Waals surface area contributed by atoms with E-state index >= 15 is 0 Å². The van der Waals surface area contributed by atoms with E-state index < -0.39 is 0 Å². The summed E-state index contributed by atoms with van der Waals surface area (Å²) in [5.74, 6) is 0.169. The molecule has 0 unspecified atom stereocenters. The van der Waals surface area contributed by atoms with Crippen LogP contribution in [0.4, 0.5) is 5.88 Å². The molecule has 48 valence electrons. The van der Waals surface area contributed by atoms with E-state index in [1.165, 1.54) is 6.39 Å². The maximum Gasteiger partial charge on any atom is 0.221 e. The maximum atomic E-state index is 5.24. The number of nitrogen functional groups attached to an aromatic ring is 1. The van der Waals surface area contributed by atoms with Crippen molar-refractivity contribution in [1.29, 1.82) is 0 Å². The zero-order valence-corrected chi connectivity index (χ0v) is 5.31. The van der Waals surface area contributed by atoms with Gasteiger partial charge in [0.05, 0.1) is 0 Å². The Hall–Kier alpha value is -1.10. The second-order valence-corrected chi connectivity index (χ2v) is 1.87. The molecule has 0 aliphatic rings. The third-order valence-electron chi connectivity index (χ3n) is 0.828. The molecule has 0 saturated carbocycles. The fourth-order valence-electron chi connectivity index (χ4n) is 0.440. The van der Waals surface area contributed by atoms with Crippen LogP contribution in [0.3, 0.4) is 0 Å². The van der Waals surface area contributed by atoms with Gasteiger partial charge < -0.3 is 15.9 Å². The molecule has 9 heavy (non-hydrogen) atoms. The highest BCUT2D eigenvalue weighted by Crippen LogP contribution is 2.06. The maximum absolute atomic E-state index is 5.24. The van der Waals surface area contributed by atoms with Gasteiger partial charge in [-0.25, -0.2) is 4.98 Å². The number of nitrogens with zero attached hydrogens (tertiary/aromatic N) is 1. The van der Waals surface area contributed by atoms with Gasteiger partial charge in [0.25, 0.3) is 0 Å². The molecule has 0 spiro atoms. The summed E-state index contributed by atoms with van der Waals surface area (Å²) >= 11 is 4.58. The highest BCUT2D eigenvalue weighted by molar-refractivity contribution is 7.80. The van der Waals surface area contributed by atoms with Gasteiger partial charge in [0.15, 0.2) is 12.1 Å². The van der Waals surface area contributed by atoms with Crippen LogP contribution in [0.5, 0.6) is 0 Å². The number of aromatic nitrogens is 1. The van der Waals surface area contributed by atoms with E-state index in [2.05, 4.69) is 21.6 Å². The van der Waals surface area contributed by atoms with Crippen molar-refractivity contribution >= 4 is 23.1 Å². The minimum atomic E-state index is 0.154. The zero-order chi connectivity index (χ0) is 6.85. The molecule has 0 aliphatic heterocycles. The van der Waals surface area contributed by atoms with Crippen LogP contribution in [0.2, 0.25) is 0 Å². The van der Waals surface area contributed by atoms with Crippen LogP contribution in [0.1, 0.15) is 5.69 Å². The second kappa shape index (κ2) is 2.02. The fraction of sp³-hybridized carbons (Fsp3) is 0. The smallest absolute Gasteiger partial charge is 0.221 e. The highest BCUT2D eigenvalue weighted by atomic mass is 32.1. The molecule has 1 heterocycles. The van der Waals surface area contributed by atoms with Crippen molar-refractivity contribution in [3.05, 3.63) is 12.1 Å². The lowest BCUT2D eigenvalue weighted by atomic mass is 10.4. The summed E-state index contributed by atoms with van der Waals surface area (Å²) in [6.07, 6.45) is 1.20. The van der Waals surface area contributed by atoms with Crippen molar-refractivity contribution in [2.24, 2.45) is 5.73 Å². The predicted molar refractivity (Wildman–Crippen MR) is 36.8 cm³/mol. The number of rotatable bonds is 1. The van der Waals surface area contributed by atoms with Gasteiger partial charge in [-0.2, -0.15) is 0 Å². The van der Waals surface area contributed by atoms with Crippen LogP contribution in [-0.4, -0.2) is 9.97 Å². The largest absolute Gasteiger partial charge is 0.428 e. The van der Waals surface area contributed by atoms with Crippen molar-refractivity contribution in [3.8, 4) is 0 Å². The van der Waals surface area contributed by atoms with Crippen LogP contribution in [0.25, 0.3) is 0 Å². The van der Waals surface area contributed by atoms with Crippen LogP contribution in [0.15, 0.2) is 10.8 Å². The molecule has 0 radical (unpaired) electrons. The third kappa shape index (κ3) is 0.996. The Kier molecular flexibility index (Phi) is 1.35. The Labute approximate surface area is 56.8 Å². The number of anilines is 1. The number of thiocarbonyl (C=S) groups is 1. The lowest BCUT2D eigenvalue weighted by Crippen LogP contribution is -2.11. The number of oxazole rings is 1. The summed E-state index contributed by atoms with van der Waals surface area (Å²) in [4.78, 5) is 3.81. The molecule has 1 aromatic heterocycles. The second-order valence-electron chi connectivity index (χ2n) is 1.43. The number of nitrogens with two attached hydrogens (primary N) is 2. The standard InChI is InChI=1S/C4H5N3OS/c5-3-2(4(6)9)7-1-8-3/h1H,5H2,(H2,6,9). The minimum absolute atomic E-state index is 0.154. The summed E-state index contributed by atoms with van der Waals surface area (Å²) in [6.45, 7) is 0. The normalized spacial score (nSPS) is 9.33. The molecule has 0 saturated heterocycles. The van der Waals surface area contributed by atoms with E-state index in [4.69, 9.17) is 11.5 Å². The quantitative estimate of drug-likeness (QED) is 0.536. The molecule has 0 aliphatic carbocycles. The van der Waals surface area contributed by atoms with E-state index in [0.717, 1.165) is 0 Å². The summed E-state index contributed by atoms with van der Waals surface area (Å²) in [6, 6.07) is 0. The average molecular weight is 143 g/mol. The first-order chi connectivity index (χ1) is 4.22. The predicted octanol–water partition coefficient (Wildman–Crippen LogP) is -0.109. The molecule has 1 rings (SSSR count). The van der Waals surface area contributed by atoms with Gasteiger partial charge in [0.2, 0.25) is 5.88 Å². The molecule has 1 aromatic rings. The van der Waals surface area contributed by atoms with Crippen LogP contribution in [-0.2, 0) is 0 Å². The van der Waals surface area contributed by atoms with Gasteiger partial charge in [-0.05, 0) is 0 Å². The van der Waals surface area contributed by atoms with Crippen molar-refractivity contribution in [1.82, 2.24) is 4.98 Å². The van der Waals surface area contributed by atoms with Crippen molar-refractivity contribution in [2.75, 3.05) is 5.73 Å². The van der Waals surface area contributed by atoms with Crippen LogP contribution >= 0.6 is 12.2 Å². The molecule has 0 amide bonds. The topological polar surface area (TPSA) is 78.1 Å². The minimum Gasteiger partial charge on any atom is -0.428 e. The molecular formula is C4H5N3OS. The molecule has 0 fully saturated rings. The van der Waals surface area contributed by atoms with Gasteiger partial charge in [-0.3, -0.25) is 0 Å². The molecular weight excluding hydrogens is 138 g/mol. The number of hydrogen-bond donors (Lipinski definition) is 2. The van der Waals surface area contributed by atoms with Gasteiger partial charge in [-0.1, -0.05) is 12.2 Å². The zero-order valence-electron chi connectivity index (χ0n) is 4.50. The summed E-state index contributed by atoms with van der Waals surface area (Å²) in [7, 11) is 0. The molecule has 0 atom stereocenters. The van der Waals surface area contributed by atoms with E-state index in [1.54, 1.807) is 0 Å². The van der Waals surface area contributed by atoms with E-state index in [0.29, 0.717) is 5.69 Å². The molecule has 4 nitrogen and oxygen atoms in total. The lowest BCUT2D eigenvalue weighted by Gasteiger charge is -1.87. The van der Waals surface area contributed by atoms with Crippen molar-refractivity contribution in [3.63, 3.8) is 0 Å². The van der Waals surface area contributed by atoms with Crippen molar-refractivity contribution in [2.45, 2.75) is 0 Å². The molecule has 4 N–H and O–H groups in total. The first kappa shape index (κ1) is 6.03. The highest BCUT2D eigenvalue weighted by Gasteiger charge is 2.04. The van der Waals surface area contributed by atoms with Gasteiger partial charge in [0, 0.05) is 0 Å². The third-order valence-corrected chi connectivity index (χ3v) is 1.02. The first-order valence-electron chi connectivity index (χ1n) is 2.20. The van der Waals surface area contributed by atoms with E-state index in [9.17, 15) is 0 Å². The monoisotopic (exact) mass is 143 g/mol. The van der Waals surface area contributed by atoms with Gasteiger partial charge >= 0.3 is 0 Å². The Morgan fingerprint density at radius 1 is 1.78 bits per heavy atom. The Morgan fingerprint density at radius 3 is 2.67 bits per heavy atom. The molecule has 0 bridgehead atoms. The van der Waals surface area contributed by atoms with Crippen LogP contribution in [0, 0.1) is 0 Å². The van der Waals surface area contributed by atoms with E-state index in [1.807, 2.05) is 0 Å². The first-order valence-corrected chi connectivity index (χ1v) is 2.61. The van der Waals surface area contributed by atoms with Crippen LogP contribution < -0.4 is 11.5 Å². The van der Waals surface area contributed by atoms with Gasteiger partial charge in [-0.15, -0.1) is 0 Å². The Morgan fingerprint density at radius 2 is 2.44 bits per heavy atom. The summed E-state index contributed by atoms with van der Waals surface area (Å²) < 4.78 is 4.62. The molecule has 5 heteroatoms. The SMILES string of the molecule is NC(=S)c1ncoc1N. The van der Waals surface area contributed by atoms with Gasteiger partial charge in [0.1, 0.15) is 4.99 Å². The van der Waals surface area contributed by atoms with Crippen molar-refractivity contribution < 1.29 is 4.42 Å². The average Bonchev–Trinajstić information content (AvgIpc) is 2.13. The lowest BCUT2D eigenvalue weighted by molar-refractivity contribution is 0.577.